The highest BCUT2D eigenvalue weighted by Gasteiger charge is 2.16. The van der Waals surface area contributed by atoms with E-state index in [-0.39, 0.29) is 30.3 Å². The van der Waals surface area contributed by atoms with Crippen molar-refractivity contribution in [2.24, 2.45) is 0 Å². The molecule has 6 heteroatoms. The number of benzene rings is 1. The van der Waals surface area contributed by atoms with Gasteiger partial charge in [0.2, 0.25) is 5.75 Å². The molecule has 6 nitrogen and oxygen atoms in total. The number of unbranched alkanes of at least 4 members (excludes halogenated alkanes) is 5. The summed E-state index contributed by atoms with van der Waals surface area (Å²) in [5, 5.41) is 19.5. The predicted molar refractivity (Wildman–Crippen MR) is 95.6 cm³/mol. The Morgan fingerprint density at radius 2 is 1.80 bits per heavy atom. The molecule has 0 aliphatic carbocycles. The molecule has 1 heterocycles. The third kappa shape index (κ3) is 5.39. The van der Waals surface area contributed by atoms with Crippen molar-refractivity contribution in [2.75, 3.05) is 19.8 Å². The number of fused-ring (bicyclic) bond motifs is 1. The number of rotatable bonds is 11. The van der Waals surface area contributed by atoms with Crippen LogP contribution in [0, 0.1) is 0 Å². The highest BCUT2D eigenvalue weighted by molar-refractivity contribution is 5.86. The van der Waals surface area contributed by atoms with Crippen LogP contribution in [0.1, 0.15) is 45.4 Å². The zero-order valence-electron chi connectivity index (χ0n) is 14.6. The van der Waals surface area contributed by atoms with Crippen LogP contribution in [0.25, 0.3) is 11.0 Å². The van der Waals surface area contributed by atoms with Gasteiger partial charge in [0.15, 0.2) is 5.75 Å². The summed E-state index contributed by atoms with van der Waals surface area (Å²) >= 11 is 0. The molecular formula is C19H26O6. The van der Waals surface area contributed by atoms with Crippen LogP contribution < -0.4 is 15.1 Å². The monoisotopic (exact) mass is 350 g/mol. The van der Waals surface area contributed by atoms with E-state index in [2.05, 4.69) is 6.92 Å². The number of aliphatic hydroxyl groups excluding tert-OH is 1. The first-order valence-electron chi connectivity index (χ1n) is 8.83. The molecule has 0 radical (unpaired) electrons. The molecule has 1 aromatic heterocycles. The fraction of sp³-hybridized carbons (Fsp3) is 0.526. The summed E-state index contributed by atoms with van der Waals surface area (Å²) in [4.78, 5) is 12.0. The maximum absolute atomic E-state index is 12.0. The predicted octanol–water partition coefficient (Wildman–Crippen LogP) is 3.61. The fourth-order valence-corrected chi connectivity index (χ4v) is 2.59. The molecule has 0 bridgehead atoms. The highest BCUT2D eigenvalue weighted by Crippen LogP contribution is 2.33. The van der Waals surface area contributed by atoms with Gasteiger partial charge in [0, 0.05) is 0 Å². The van der Waals surface area contributed by atoms with Crippen molar-refractivity contribution in [2.45, 2.75) is 45.4 Å². The van der Waals surface area contributed by atoms with Gasteiger partial charge in [0.25, 0.3) is 0 Å². The Labute approximate surface area is 147 Å². The smallest absolute Gasteiger partial charge is 0.383 e. The molecule has 0 unspecified atom stereocenters. The normalized spacial score (nSPS) is 11.0. The van der Waals surface area contributed by atoms with Crippen molar-refractivity contribution in [3.63, 3.8) is 0 Å². The van der Waals surface area contributed by atoms with Crippen molar-refractivity contribution in [1.29, 1.82) is 0 Å². The minimum atomic E-state index is -0.694. The summed E-state index contributed by atoms with van der Waals surface area (Å²) in [5.74, 6) is 0.0552. The van der Waals surface area contributed by atoms with Crippen LogP contribution in [0.2, 0.25) is 0 Å². The van der Waals surface area contributed by atoms with Crippen molar-refractivity contribution in [1.82, 2.24) is 0 Å². The van der Waals surface area contributed by atoms with Gasteiger partial charge < -0.3 is 24.1 Å². The number of hydrogen-bond donors (Lipinski definition) is 2. The van der Waals surface area contributed by atoms with Crippen LogP contribution in [0.15, 0.2) is 27.4 Å². The number of aliphatic hydroxyl groups is 1. The SMILES string of the molecule is CCCCCCCCOc1c(O)c2cc(OCCO)ccc2oc1=O. The summed E-state index contributed by atoms with van der Waals surface area (Å²) in [6.07, 6.45) is 6.62. The van der Waals surface area contributed by atoms with Gasteiger partial charge in [0.1, 0.15) is 17.9 Å². The van der Waals surface area contributed by atoms with E-state index < -0.39 is 5.63 Å². The molecule has 0 amide bonds. The van der Waals surface area contributed by atoms with E-state index in [0.717, 1.165) is 19.3 Å². The van der Waals surface area contributed by atoms with Gasteiger partial charge in [-0.3, -0.25) is 0 Å². The minimum Gasteiger partial charge on any atom is -0.504 e. The van der Waals surface area contributed by atoms with E-state index in [1.807, 2.05) is 0 Å². The Morgan fingerprint density at radius 3 is 2.56 bits per heavy atom. The van der Waals surface area contributed by atoms with Crippen LogP contribution in [0.4, 0.5) is 0 Å². The van der Waals surface area contributed by atoms with Crippen molar-refractivity contribution >= 4 is 11.0 Å². The van der Waals surface area contributed by atoms with Gasteiger partial charge in [-0.2, -0.15) is 0 Å². The van der Waals surface area contributed by atoms with Crippen LogP contribution in [-0.2, 0) is 0 Å². The molecule has 0 aliphatic heterocycles. The largest absolute Gasteiger partial charge is 0.504 e. The third-order valence-electron chi connectivity index (χ3n) is 3.91. The molecule has 138 valence electrons. The lowest BCUT2D eigenvalue weighted by Gasteiger charge is -2.10. The van der Waals surface area contributed by atoms with Crippen molar-refractivity contribution in [3.05, 3.63) is 28.6 Å². The lowest BCUT2D eigenvalue weighted by molar-refractivity contribution is 0.201. The molecular weight excluding hydrogens is 324 g/mol. The van der Waals surface area contributed by atoms with Gasteiger partial charge >= 0.3 is 5.63 Å². The molecule has 2 N–H and O–H groups in total. The van der Waals surface area contributed by atoms with E-state index in [4.69, 9.17) is 19.0 Å². The molecule has 1 aromatic carbocycles. The average molecular weight is 350 g/mol. The zero-order chi connectivity index (χ0) is 18.1. The Kier molecular flexibility index (Phi) is 7.60. The molecule has 0 atom stereocenters. The second kappa shape index (κ2) is 9.93. The van der Waals surface area contributed by atoms with E-state index in [0.29, 0.717) is 17.7 Å². The third-order valence-corrected chi connectivity index (χ3v) is 3.91. The fourth-order valence-electron chi connectivity index (χ4n) is 2.59. The molecule has 0 spiro atoms. The molecule has 2 rings (SSSR count). The number of ether oxygens (including phenoxy) is 2. The number of hydrogen-bond acceptors (Lipinski definition) is 6. The Bertz CT molecular complexity index is 722. The van der Waals surface area contributed by atoms with Gasteiger partial charge in [-0.05, 0) is 24.6 Å². The summed E-state index contributed by atoms with van der Waals surface area (Å²) < 4.78 is 16.0. The standard InChI is InChI=1S/C19H26O6/c1-2-3-4-5-6-7-11-24-18-17(21)15-13-14(23-12-10-20)8-9-16(15)25-19(18)22/h8-9,13,20-21H,2-7,10-12H2,1H3. The van der Waals surface area contributed by atoms with Crippen molar-refractivity contribution in [3.8, 4) is 17.2 Å². The molecule has 2 aromatic rings. The first-order valence-corrected chi connectivity index (χ1v) is 8.83. The number of aromatic hydroxyl groups is 1. The van der Waals surface area contributed by atoms with Crippen molar-refractivity contribution < 1.29 is 24.1 Å². The van der Waals surface area contributed by atoms with E-state index in [1.54, 1.807) is 18.2 Å². The zero-order valence-corrected chi connectivity index (χ0v) is 14.6. The Balaban J connectivity index is 2.04. The lowest BCUT2D eigenvalue weighted by Crippen LogP contribution is -2.09. The topological polar surface area (TPSA) is 89.1 Å². The summed E-state index contributed by atoms with van der Waals surface area (Å²) in [6.45, 7) is 2.56. The second-order valence-corrected chi connectivity index (χ2v) is 5.91. The second-order valence-electron chi connectivity index (χ2n) is 5.91. The Morgan fingerprint density at radius 1 is 1.04 bits per heavy atom. The van der Waals surface area contributed by atoms with E-state index in [9.17, 15) is 9.90 Å². The lowest BCUT2D eigenvalue weighted by atomic mass is 10.1. The van der Waals surface area contributed by atoms with Crippen LogP contribution in [0.3, 0.4) is 0 Å². The van der Waals surface area contributed by atoms with Crippen LogP contribution in [0.5, 0.6) is 17.2 Å². The molecule has 0 saturated carbocycles. The quantitative estimate of drug-likeness (QED) is 0.475. The summed E-state index contributed by atoms with van der Waals surface area (Å²) in [6, 6.07) is 4.71. The van der Waals surface area contributed by atoms with Crippen LogP contribution in [-0.4, -0.2) is 30.0 Å². The van der Waals surface area contributed by atoms with Gasteiger partial charge in [0.05, 0.1) is 18.6 Å². The van der Waals surface area contributed by atoms with E-state index in [1.165, 1.54) is 19.3 Å². The molecule has 0 saturated heterocycles. The maximum Gasteiger partial charge on any atom is 0.383 e. The summed E-state index contributed by atoms with van der Waals surface area (Å²) in [5.41, 5.74) is -0.439. The highest BCUT2D eigenvalue weighted by atomic mass is 16.5. The molecule has 0 aliphatic rings. The maximum atomic E-state index is 12.0. The first kappa shape index (κ1) is 19.1. The average Bonchev–Trinajstić information content (AvgIpc) is 2.61. The van der Waals surface area contributed by atoms with Gasteiger partial charge in [-0.15, -0.1) is 0 Å². The van der Waals surface area contributed by atoms with E-state index >= 15 is 0 Å². The first-order chi connectivity index (χ1) is 12.2. The van der Waals surface area contributed by atoms with Gasteiger partial charge in [-0.25, -0.2) is 4.79 Å². The van der Waals surface area contributed by atoms with Crippen LogP contribution >= 0.6 is 0 Å². The summed E-state index contributed by atoms with van der Waals surface area (Å²) in [7, 11) is 0. The Hall–Kier alpha value is -2.21. The minimum absolute atomic E-state index is 0.111. The molecule has 0 fully saturated rings. The van der Waals surface area contributed by atoms with Gasteiger partial charge in [-0.1, -0.05) is 39.0 Å². The molecule has 25 heavy (non-hydrogen) atoms.